The van der Waals surface area contributed by atoms with Crippen molar-refractivity contribution in [3.05, 3.63) is 57.9 Å². The fourth-order valence-electron chi connectivity index (χ4n) is 3.87. The van der Waals surface area contributed by atoms with Gasteiger partial charge in [0.2, 0.25) is 11.8 Å². The summed E-state index contributed by atoms with van der Waals surface area (Å²) in [6, 6.07) is 11.6. The van der Waals surface area contributed by atoms with Crippen molar-refractivity contribution in [1.29, 1.82) is 0 Å². The molecule has 1 aromatic heterocycles. The van der Waals surface area contributed by atoms with Crippen molar-refractivity contribution in [3.8, 4) is 17.1 Å². The zero-order chi connectivity index (χ0) is 24.8. The lowest BCUT2D eigenvalue weighted by molar-refractivity contribution is -0.133. The molecule has 2 amide bonds. The number of nitrogens with zero attached hydrogens (tertiary/aromatic N) is 3. The SMILES string of the molecule is CCOc1ccc(-c2n[nH]c(=S)n2CCC(=O)N(C)CC(=O)Nc2c(C)cc(C)cc2C)cc1. The number of carbonyl (C=O) groups is 2. The molecule has 2 N–H and O–H groups in total. The van der Waals surface area contributed by atoms with Crippen LogP contribution in [0.5, 0.6) is 5.75 Å². The molecule has 0 aliphatic heterocycles. The summed E-state index contributed by atoms with van der Waals surface area (Å²) >= 11 is 5.37. The maximum atomic E-state index is 12.7. The van der Waals surface area contributed by atoms with E-state index in [9.17, 15) is 9.59 Å². The van der Waals surface area contributed by atoms with Gasteiger partial charge in [-0.1, -0.05) is 17.7 Å². The molecule has 0 atom stereocenters. The maximum absolute atomic E-state index is 12.7. The molecule has 180 valence electrons. The molecule has 34 heavy (non-hydrogen) atoms. The molecule has 0 bridgehead atoms. The van der Waals surface area contributed by atoms with Crippen LogP contribution in [0.1, 0.15) is 30.0 Å². The fraction of sp³-hybridized carbons (Fsp3) is 0.360. The second-order valence-electron chi connectivity index (χ2n) is 8.28. The summed E-state index contributed by atoms with van der Waals surface area (Å²) in [6.07, 6.45) is 0.185. The Balaban J connectivity index is 1.61. The highest BCUT2D eigenvalue weighted by Crippen LogP contribution is 2.23. The predicted octanol–water partition coefficient (Wildman–Crippen LogP) is 4.42. The van der Waals surface area contributed by atoms with Crippen LogP contribution in [0.15, 0.2) is 36.4 Å². The molecule has 1 heterocycles. The summed E-state index contributed by atoms with van der Waals surface area (Å²) in [5.74, 6) is 1.03. The van der Waals surface area contributed by atoms with Crippen molar-refractivity contribution in [1.82, 2.24) is 19.7 Å². The number of nitrogens with one attached hydrogen (secondary N) is 2. The quantitative estimate of drug-likeness (QED) is 0.442. The van der Waals surface area contributed by atoms with E-state index in [4.69, 9.17) is 17.0 Å². The Hall–Kier alpha value is -3.46. The number of amides is 2. The molecule has 3 aromatic rings. The molecule has 9 heteroatoms. The van der Waals surface area contributed by atoms with Gasteiger partial charge in [-0.25, -0.2) is 0 Å². The molecule has 0 spiro atoms. The molecule has 0 saturated carbocycles. The van der Waals surface area contributed by atoms with Gasteiger partial charge in [0.05, 0.1) is 13.2 Å². The van der Waals surface area contributed by atoms with Crippen molar-refractivity contribution in [2.75, 3.05) is 25.5 Å². The normalized spacial score (nSPS) is 10.7. The standard InChI is InChI=1S/C25H31N5O3S/c1-6-33-20-9-7-19(8-10-20)24-27-28-25(34)30(24)12-11-22(32)29(5)15-21(31)26-23-17(3)13-16(2)14-18(23)4/h7-10,13-14H,6,11-12,15H2,1-5H3,(H,26,31)(H,28,34). The van der Waals surface area contributed by atoms with Crippen LogP contribution in [0, 0.1) is 25.5 Å². The summed E-state index contributed by atoms with van der Waals surface area (Å²) in [5, 5.41) is 10.1. The predicted molar refractivity (Wildman–Crippen MR) is 136 cm³/mol. The first-order valence-electron chi connectivity index (χ1n) is 11.2. The minimum Gasteiger partial charge on any atom is -0.494 e. The third-order valence-corrected chi connectivity index (χ3v) is 5.79. The van der Waals surface area contributed by atoms with Gasteiger partial charge >= 0.3 is 0 Å². The molecule has 2 aromatic carbocycles. The van der Waals surface area contributed by atoms with Crippen LogP contribution in [0.25, 0.3) is 11.4 Å². The van der Waals surface area contributed by atoms with E-state index in [-0.39, 0.29) is 24.8 Å². The van der Waals surface area contributed by atoms with E-state index in [1.54, 1.807) is 11.6 Å². The minimum atomic E-state index is -0.235. The average molecular weight is 482 g/mol. The Kier molecular flexibility index (Phi) is 8.22. The number of aromatic amines is 1. The molecule has 0 aliphatic carbocycles. The number of aromatic nitrogens is 3. The fourth-order valence-corrected chi connectivity index (χ4v) is 4.09. The zero-order valence-corrected chi connectivity index (χ0v) is 21.1. The lowest BCUT2D eigenvalue weighted by atomic mass is 10.1. The van der Waals surface area contributed by atoms with Crippen LogP contribution < -0.4 is 10.1 Å². The monoisotopic (exact) mass is 481 g/mol. The van der Waals surface area contributed by atoms with Crippen molar-refractivity contribution in [3.63, 3.8) is 0 Å². The van der Waals surface area contributed by atoms with Gasteiger partial charge in [-0.15, -0.1) is 0 Å². The van der Waals surface area contributed by atoms with Gasteiger partial charge in [0, 0.05) is 31.3 Å². The Morgan fingerprint density at radius 2 is 1.79 bits per heavy atom. The van der Waals surface area contributed by atoms with E-state index >= 15 is 0 Å². The molecule has 3 rings (SSSR count). The highest BCUT2D eigenvalue weighted by Gasteiger charge is 2.16. The summed E-state index contributed by atoms with van der Waals surface area (Å²) in [4.78, 5) is 26.7. The topological polar surface area (TPSA) is 92.2 Å². The second-order valence-corrected chi connectivity index (χ2v) is 8.67. The molecule has 0 radical (unpaired) electrons. The lowest BCUT2D eigenvalue weighted by Gasteiger charge is -2.19. The van der Waals surface area contributed by atoms with Crippen LogP contribution in [-0.4, -0.2) is 51.7 Å². The van der Waals surface area contributed by atoms with E-state index in [2.05, 4.69) is 15.5 Å². The number of hydrogen-bond acceptors (Lipinski definition) is 5. The first-order chi connectivity index (χ1) is 16.2. The third kappa shape index (κ3) is 6.11. The average Bonchev–Trinajstić information content (AvgIpc) is 3.15. The largest absolute Gasteiger partial charge is 0.494 e. The number of benzene rings is 2. The number of aryl methyl sites for hydroxylation is 3. The van der Waals surface area contributed by atoms with Crippen molar-refractivity contribution in [2.24, 2.45) is 0 Å². The van der Waals surface area contributed by atoms with Crippen LogP contribution in [0.3, 0.4) is 0 Å². The number of carbonyl (C=O) groups excluding carboxylic acids is 2. The Bertz CT molecular complexity index is 1210. The minimum absolute atomic E-state index is 0.0336. The number of rotatable bonds is 9. The number of ether oxygens (including phenoxy) is 1. The molecule has 0 aliphatic rings. The van der Waals surface area contributed by atoms with E-state index in [0.29, 0.717) is 23.7 Å². The number of anilines is 1. The second kappa shape index (κ2) is 11.1. The first-order valence-corrected chi connectivity index (χ1v) is 11.6. The highest BCUT2D eigenvalue weighted by atomic mass is 32.1. The Morgan fingerprint density at radius 3 is 2.41 bits per heavy atom. The van der Waals surface area contributed by atoms with Gasteiger partial charge in [-0.3, -0.25) is 19.3 Å². The van der Waals surface area contributed by atoms with Gasteiger partial charge in [0.1, 0.15) is 5.75 Å². The summed E-state index contributed by atoms with van der Waals surface area (Å²) < 4.78 is 7.71. The Morgan fingerprint density at radius 1 is 1.15 bits per heavy atom. The summed E-state index contributed by atoms with van der Waals surface area (Å²) in [5.41, 5.74) is 4.79. The van der Waals surface area contributed by atoms with Crippen molar-refractivity contribution < 1.29 is 14.3 Å². The number of H-pyrrole nitrogens is 1. The van der Waals surface area contributed by atoms with Crippen LogP contribution in [-0.2, 0) is 16.1 Å². The van der Waals surface area contributed by atoms with E-state index < -0.39 is 0 Å². The van der Waals surface area contributed by atoms with Gasteiger partial charge in [0.25, 0.3) is 0 Å². The number of likely N-dealkylation sites (N-methyl/N-ethyl adjacent to an activating group) is 1. The molecule has 8 nitrogen and oxygen atoms in total. The molecular weight excluding hydrogens is 450 g/mol. The van der Waals surface area contributed by atoms with Crippen LogP contribution in [0.4, 0.5) is 5.69 Å². The number of hydrogen-bond donors (Lipinski definition) is 2. The van der Waals surface area contributed by atoms with Crippen LogP contribution >= 0.6 is 12.2 Å². The molecule has 0 saturated heterocycles. The Labute approximate surface area is 204 Å². The van der Waals surface area contributed by atoms with E-state index in [0.717, 1.165) is 33.7 Å². The van der Waals surface area contributed by atoms with Gasteiger partial charge in [-0.05, 0) is 75.3 Å². The van der Waals surface area contributed by atoms with Crippen molar-refractivity contribution >= 4 is 29.7 Å². The van der Waals surface area contributed by atoms with Gasteiger partial charge < -0.3 is 15.0 Å². The van der Waals surface area contributed by atoms with Crippen molar-refractivity contribution in [2.45, 2.75) is 40.7 Å². The molecule has 0 unspecified atom stereocenters. The van der Waals surface area contributed by atoms with Gasteiger partial charge in [0.15, 0.2) is 10.6 Å². The van der Waals surface area contributed by atoms with Gasteiger partial charge in [-0.2, -0.15) is 5.10 Å². The zero-order valence-electron chi connectivity index (χ0n) is 20.3. The highest BCUT2D eigenvalue weighted by molar-refractivity contribution is 7.71. The van der Waals surface area contributed by atoms with E-state index in [1.807, 2.05) is 64.1 Å². The summed E-state index contributed by atoms with van der Waals surface area (Å²) in [7, 11) is 1.62. The maximum Gasteiger partial charge on any atom is 0.243 e. The van der Waals surface area contributed by atoms with Crippen LogP contribution in [0.2, 0.25) is 0 Å². The molecular formula is C25H31N5O3S. The lowest BCUT2D eigenvalue weighted by Crippen LogP contribution is -2.35. The molecule has 0 fully saturated rings. The first kappa shape index (κ1) is 25.2. The van der Waals surface area contributed by atoms with E-state index in [1.165, 1.54) is 4.90 Å². The third-order valence-electron chi connectivity index (χ3n) is 5.48. The summed E-state index contributed by atoms with van der Waals surface area (Å²) in [6.45, 7) is 8.78. The smallest absolute Gasteiger partial charge is 0.243 e.